The predicted molar refractivity (Wildman–Crippen MR) is 76.1 cm³/mol. The minimum Gasteiger partial charge on any atom is -0.363 e. The molecular weight excluding hydrogens is 257 g/mol. The van der Waals surface area contributed by atoms with Crippen molar-refractivity contribution >= 4 is 11.7 Å². The molecule has 2 aromatic rings. The molecule has 0 radical (unpaired) electrons. The van der Waals surface area contributed by atoms with Crippen molar-refractivity contribution in [3.8, 4) is 0 Å². The Morgan fingerprint density at radius 2 is 2.05 bits per heavy atom. The van der Waals surface area contributed by atoms with Crippen molar-refractivity contribution in [2.45, 2.75) is 6.54 Å². The van der Waals surface area contributed by atoms with E-state index in [1.54, 1.807) is 18.3 Å². The Bertz CT molecular complexity index is 614. The van der Waals surface area contributed by atoms with E-state index in [9.17, 15) is 9.18 Å². The molecule has 0 fully saturated rings. The molecule has 1 aromatic heterocycles. The molecule has 0 aliphatic rings. The topological polar surface area (TPSA) is 45.2 Å². The SMILES string of the molecule is CN(C)c1cc(CNC(=O)c2ccccc2F)ccn1. The van der Waals surface area contributed by atoms with Crippen LogP contribution in [-0.2, 0) is 6.54 Å². The van der Waals surface area contributed by atoms with Gasteiger partial charge in [0.2, 0.25) is 0 Å². The molecule has 104 valence electrons. The molecule has 1 N–H and O–H groups in total. The molecule has 20 heavy (non-hydrogen) atoms. The molecule has 0 saturated heterocycles. The molecule has 0 bridgehead atoms. The van der Waals surface area contributed by atoms with E-state index in [-0.39, 0.29) is 5.56 Å². The van der Waals surface area contributed by atoms with E-state index in [0.717, 1.165) is 11.4 Å². The van der Waals surface area contributed by atoms with Crippen molar-refractivity contribution in [2.75, 3.05) is 19.0 Å². The van der Waals surface area contributed by atoms with Gasteiger partial charge in [-0.3, -0.25) is 4.79 Å². The zero-order chi connectivity index (χ0) is 14.5. The van der Waals surface area contributed by atoms with Gasteiger partial charge < -0.3 is 10.2 Å². The van der Waals surface area contributed by atoms with E-state index in [1.165, 1.54) is 12.1 Å². The summed E-state index contributed by atoms with van der Waals surface area (Å²) in [5.41, 5.74) is 0.961. The fourth-order valence-electron chi connectivity index (χ4n) is 1.74. The number of carbonyl (C=O) groups is 1. The fourth-order valence-corrected chi connectivity index (χ4v) is 1.74. The van der Waals surface area contributed by atoms with Gasteiger partial charge in [0, 0.05) is 26.8 Å². The van der Waals surface area contributed by atoms with Crippen LogP contribution in [0.15, 0.2) is 42.6 Å². The standard InChI is InChI=1S/C15H16FN3O/c1-19(2)14-9-11(7-8-17-14)10-18-15(20)12-5-3-4-6-13(12)16/h3-9H,10H2,1-2H3,(H,18,20). The van der Waals surface area contributed by atoms with E-state index in [0.29, 0.717) is 6.54 Å². The van der Waals surface area contributed by atoms with E-state index in [1.807, 2.05) is 31.1 Å². The van der Waals surface area contributed by atoms with Crippen LogP contribution in [0, 0.1) is 5.82 Å². The molecule has 0 atom stereocenters. The first-order valence-electron chi connectivity index (χ1n) is 6.23. The van der Waals surface area contributed by atoms with Gasteiger partial charge in [0.15, 0.2) is 0 Å². The molecule has 1 amide bonds. The Hall–Kier alpha value is -2.43. The maximum atomic E-state index is 13.5. The summed E-state index contributed by atoms with van der Waals surface area (Å²) >= 11 is 0. The summed E-state index contributed by atoms with van der Waals surface area (Å²) in [4.78, 5) is 17.9. The second-order valence-electron chi connectivity index (χ2n) is 4.58. The first kappa shape index (κ1) is 14.0. The number of anilines is 1. The van der Waals surface area contributed by atoms with Crippen LogP contribution in [-0.4, -0.2) is 25.0 Å². The highest BCUT2D eigenvalue weighted by molar-refractivity contribution is 5.94. The summed E-state index contributed by atoms with van der Waals surface area (Å²) in [5, 5.41) is 2.70. The first-order valence-corrected chi connectivity index (χ1v) is 6.23. The van der Waals surface area contributed by atoms with Gasteiger partial charge in [0.1, 0.15) is 11.6 Å². The first-order chi connectivity index (χ1) is 9.58. The second-order valence-corrected chi connectivity index (χ2v) is 4.58. The van der Waals surface area contributed by atoms with Crippen LogP contribution in [0.25, 0.3) is 0 Å². The lowest BCUT2D eigenvalue weighted by atomic mass is 10.2. The Balaban J connectivity index is 2.04. The van der Waals surface area contributed by atoms with E-state index in [2.05, 4.69) is 10.3 Å². The molecule has 0 saturated carbocycles. The quantitative estimate of drug-likeness (QED) is 0.929. The van der Waals surface area contributed by atoms with Crippen LogP contribution >= 0.6 is 0 Å². The Labute approximate surface area is 117 Å². The summed E-state index contributed by atoms with van der Waals surface area (Å²) < 4.78 is 13.5. The van der Waals surface area contributed by atoms with Crippen molar-refractivity contribution in [1.29, 1.82) is 0 Å². The van der Waals surface area contributed by atoms with Crippen molar-refractivity contribution in [1.82, 2.24) is 10.3 Å². The van der Waals surface area contributed by atoms with Crippen molar-refractivity contribution in [2.24, 2.45) is 0 Å². The number of halogens is 1. The van der Waals surface area contributed by atoms with Crippen molar-refractivity contribution in [3.05, 3.63) is 59.5 Å². The molecule has 4 nitrogen and oxygen atoms in total. The maximum Gasteiger partial charge on any atom is 0.254 e. The lowest BCUT2D eigenvalue weighted by molar-refractivity contribution is 0.0947. The lowest BCUT2D eigenvalue weighted by Gasteiger charge is -2.12. The van der Waals surface area contributed by atoms with E-state index >= 15 is 0 Å². The second kappa shape index (κ2) is 6.14. The summed E-state index contributed by atoms with van der Waals surface area (Å²) in [6.45, 7) is 0.330. The minimum absolute atomic E-state index is 0.0504. The molecule has 1 heterocycles. The highest BCUT2D eigenvalue weighted by Gasteiger charge is 2.10. The minimum atomic E-state index is -0.520. The van der Waals surface area contributed by atoms with Crippen LogP contribution in [0.5, 0.6) is 0 Å². The number of nitrogens with one attached hydrogen (secondary N) is 1. The number of amides is 1. The molecular formula is C15H16FN3O. The Morgan fingerprint density at radius 3 is 2.75 bits per heavy atom. The van der Waals surface area contributed by atoms with Gasteiger partial charge >= 0.3 is 0 Å². The van der Waals surface area contributed by atoms with Gasteiger partial charge in [0.05, 0.1) is 5.56 Å². The number of hydrogen-bond donors (Lipinski definition) is 1. The Kier molecular flexibility index (Phi) is 4.30. The zero-order valence-electron chi connectivity index (χ0n) is 11.4. The number of nitrogens with zero attached hydrogens (tertiary/aromatic N) is 2. The highest BCUT2D eigenvalue weighted by atomic mass is 19.1. The molecule has 0 unspecified atom stereocenters. The lowest BCUT2D eigenvalue weighted by Crippen LogP contribution is -2.24. The van der Waals surface area contributed by atoms with Crippen LogP contribution in [0.2, 0.25) is 0 Å². The summed E-state index contributed by atoms with van der Waals surface area (Å²) in [6.07, 6.45) is 1.68. The van der Waals surface area contributed by atoms with Crippen LogP contribution in [0.3, 0.4) is 0 Å². The third kappa shape index (κ3) is 3.32. The average molecular weight is 273 g/mol. The number of benzene rings is 1. The van der Waals surface area contributed by atoms with Crippen molar-refractivity contribution < 1.29 is 9.18 Å². The van der Waals surface area contributed by atoms with Gasteiger partial charge in [-0.25, -0.2) is 9.37 Å². The summed E-state index contributed by atoms with van der Waals surface area (Å²) in [5.74, 6) is -0.136. The number of aromatic nitrogens is 1. The van der Waals surface area contributed by atoms with E-state index < -0.39 is 11.7 Å². The van der Waals surface area contributed by atoms with Crippen LogP contribution < -0.4 is 10.2 Å². The zero-order valence-corrected chi connectivity index (χ0v) is 11.4. The highest BCUT2D eigenvalue weighted by Crippen LogP contribution is 2.10. The van der Waals surface area contributed by atoms with Gasteiger partial charge in [-0.1, -0.05) is 12.1 Å². The molecule has 0 spiro atoms. The average Bonchev–Trinajstić information content (AvgIpc) is 2.45. The summed E-state index contributed by atoms with van der Waals surface area (Å²) in [7, 11) is 3.79. The molecule has 2 rings (SSSR count). The molecule has 5 heteroatoms. The number of rotatable bonds is 4. The van der Waals surface area contributed by atoms with Gasteiger partial charge in [0.25, 0.3) is 5.91 Å². The number of carbonyl (C=O) groups excluding carboxylic acids is 1. The molecule has 0 aliphatic carbocycles. The third-order valence-electron chi connectivity index (χ3n) is 2.84. The van der Waals surface area contributed by atoms with Gasteiger partial charge in [-0.2, -0.15) is 0 Å². The van der Waals surface area contributed by atoms with Gasteiger partial charge in [-0.15, -0.1) is 0 Å². The van der Waals surface area contributed by atoms with Gasteiger partial charge in [-0.05, 0) is 29.8 Å². The fraction of sp³-hybridized carbons (Fsp3) is 0.200. The van der Waals surface area contributed by atoms with Crippen molar-refractivity contribution in [3.63, 3.8) is 0 Å². The molecule has 1 aromatic carbocycles. The van der Waals surface area contributed by atoms with E-state index in [4.69, 9.17) is 0 Å². The van der Waals surface area contributed by atoms with Crippen LogP contribution in [0.1, 0.15) is 15.9 Å². The summed E-state index contributed by atoms with van der Waals surface area (Å²) in [6, 6.07) is 9.61. The molecule has 0 aliphatic heterocycles. The smallest absolute Gasteiger partial charge is 0.254 e. The largest absolute Gasteiger partial charge is 0.363 e. The Morgan fingerprint density at radius 1 is 1.30 bits per heavy atom. The normalized spacial score (nSPS) is 10.2. The maximum absolute atomic E-state index is 13.5. The number of hydrogen-bond acceptors (Lipinski definition) is 3. The monoisotopic (exact) mass is 273 g/mol. The third-order valence-corrected chi connectivity index (χ3v) is 2.84. The number of pyridine rings is 1. The predicted octanol–water partition coefficient (Wildman–Crippen LogP) is 2.22. The van der Waals surface area contributed by atoms with Crippen LogP contribution in [0.4, 0.5) is 10.2 Å².